The van der Waals surface area contributed by atoms with Crippen LogP contribution in [0.2, 0.25) is 0 Å². The van der Waals surface area contributed by atoms with E-state index in [4.69, 9.17) is 14.2 Å². The Morgan fingerprint density at radius 2 is 1.95 bits per heavy atom. The molecule has 0 amide bonds. The highest BCUT2D eigenvalue weighted by molar-refractivity contribution is 5.94. The summed E-state index contributed by atoms with van der Waals surface area (Å²) in [6.07, 6.45) is 4.26. The molecule has 110 valence electrons. The van der Waals surface area contributed by atoms with Crippen molar-refractivity contribution < 1.29 is 14.2 Å². The summed E-state index contributed by atoms with van der Waals surface area (Å²) in [4.78, 5) is 4.48. The molecule has 21 heavy (non-hydrogen) atoms. The summed E-state index contributed by atoms with van der Waals surface area (Å²) in [6.45, 7) is 1.20. The fourth-order valence-electron chi connectivity index (χ4n) is 2.89. The van der Waals surface area contributed by atoms with Crippen molar-refractivity contribution >= 4 is 16.6 Å². The first kappa shape index (κ1) is 12.7. The number of nitrogens with zero attached hydrogens (tertiary/aromatic N) is 1. The first-order valence-electron chi connectivity index (χ1n) is 7.31. The number of rotatable bonds is 3. The third-order valence-corrected chi connectivity index (χ3v) is 4.20. The van der Waals surface area contributed by atoms with Gasteiger partial charge in [0.2, 0.25) is 0 Å². The van der Waals surface area contributed by atoms with Crippen LogP contribution in [0.4, 0.5) is 5.82 Å². The molecule has 0 radical (unpaired) electrons. The zero-order valence-electron chi connectivity index (χ0n) is 12.0. The summed E-state index contributed by atoms with van der Waals surface area (Å²) in [5, 5.41) is 5.69. The van der Waals surface area contributed by atoms with Gasteiger partial charge in [-0.15, -0.1) is 0 Å². The molecule has 0 unspecified atom stereocenters. The van der Waals surface area contributed by atoms with E-state index in [1.165, 1.54) is 0 Å². The summed E-state index contributed by atoms with van der Waals surface area (Å²) in [7, 11) is 1.76. The monoisotopic (exact) mass is 286 g/mol. The molecule has 2 heterocycles. The van der Waals surface area contributed by atoms with Gasteiger partial charge in [-0.2, -0.15) is 0 Å². The van der Waals surface area contributed by atoms with E-state index in [0.29, 0.717) is 25.4 Å². The molecule has 4 rings (SSSR count). The van der Waals surface area contributed by atoms with Crippen LogP contribution in [0.5, 0.6) is 11.5 Å². The maximum atomic E-state index is 5.67. The SMILES string of the molecule is COC1CC(Nc2nccc3cc4c(cc23)OCCO4)C1. The summed E-state index contributed by atoms with van der Waals surface area (Å²) in [5.41, 5.74) is 0. The number of benzene rings is 1. The Bertz CT molecular complexity index is 668. The van der Waals surface area contributed by atoms with Gasteiger partial charge in [0.25, 0.3) is 0 Å². The maximum Gasteiger partial charge on any atom is 0.162 e. The number of pyridine rings is 1. The molecular weight excluding hydrogens is 268 g/mol. The number of hydrogen-bond acceptors (Lipinski definition) is 5. The van der Waals surface area contributed by atoms with Crippen LogP contribution in [0.3, 0.4) is 0 Å². The van der Waals surface area contributed by atoms with Crippen LogP contribution >= 0.6 is 0 Å². The zero-order valence-corrected chi connectivity index (χ0v) is 12.0. The number of anilines is 1. The Labute approximate surface area is 123 Å². The van der Waals surface area contributed by atoms with Crippen LogP contribution < -0.4 is 14.8 Å². The van der Waals surface area contributed by atoms with Gasteiger partial charge >= 0.3 is 0 Å². The van der Waals surface area contributed by atoms with E-state index in [-0.39, 0.29) is 0 Å². The van der Waals surface area contributed by atoms with Crippen molar-refractivity contribution in [1.29, 1.82) is 0 Å². The van der Waals surface area contributed by atoms with Crippen LogP contribution in [0, 0.1) is 0 Å². The van der Waals surface area contributed by atoms with E-state index in [1.54, 1.807) is 7.11 Å². The van der Waals surface area contributed by atoms with E-state index in [2.05, 4.69) is 10.3 Å². The fourth-order valence-corrected chi connectivity index (χ4v) is 2.89. The average Bonchev–Trinajstić information content (AvgIpc) is 2.48. The summed E-state index contributed by atoms with van der Waals surface area (Å²) in [6, 6.07) is 6.47. The lowest BCUT2D eigenvalue weighted by molar-refractivity contribution is 0.0328. The molecule has 1 N–H and O–H groups in total. The van der Waals surface area contributed by atoms with Crippen molar-refractivity contribution in [3.8, 4) is 11.5 Å². The Morgan fingerprint density at radius 3 is 2.71 bits per heavy atom. The predicted molar refractivity (Wildman–Crippen MR) is 80.2 cm³/mol. The van der Waals surface area contributed by atoms with E-state index < -0.39 is 0 Å². The lowest BCUT2D eigenvalue weighted by atomic mass is 9.89. The predicted octanol–water partition coefficient (Wildman–Crippen LogP) is 2.60. The Morgan fingerprint density at radius 1 is 1.19 bits per heavy atom. The van der Waals surface area contributed by atoms with Crippen molar-refractivity contribution in [2.75, 3.05) is 25.6 Å². The normalized spacial score (nSPS) is 23.7. The van der Waals surface area contributed by atoms with Gasteiger partial charge in [-0.25, -0.2) is 4.98 Å². The third kappa shape index (κ3) is 2.27. The van der Waals surface area contributed by atoms with Gasteiger partial charge in [0.05, 0.1) is 6.10 Å². The van der Waals surface area contributed by atoms with Gasteiger partial charge in [-0.1, -0.05) is 0 Å². The van der Waals surface area contributed by atoms with Crippen molar-refractivity contribution in [1.82, 2.24) is 4.98 Å². The molecule has 1 aliphatic heterocycles. The minimum atomic E-state index is 0.377. The van der Waals surface area contributed by atoms with Crippen LogP contribution in [0.15, 0.2) is 24.4 Å². The smallest absolute Gasteiger partial charge is 0.162 e. The molecule has 1 saturated carbocycles. The molecule has 1 aliphatic carbocycles. The van der Waals surface area contributed by atoms with Gasteiger partial charge in [-0.05, 0) is 36.4 Å². The van der Waals surface area contributed by atoms with Crippen LogP contribution in [-0.4, -0.2) is 37.5 Å². The largest absolute Gasteiger partial charge is 0.486 e. The van der Waals surface area contributed by atoms with E-state index in [1.807, 2.05) is 24.4 Å². The Hall–Kier alpha value is -2.01. The van der Waals surface area contributed by atoms with Gasteiger partial charge < -0.3 is 19.5 Å². The number of methoxy groups -OCH3 is 1. The molecule has 5 nitrogen and oxygen atoms in total. The number of nitrogens with one attached hydrogen (secondary N) is 1. The molecule has 0 saturated heterocycles. The number of aromatic nitrogens is 1. The minimum absolute atomic E-state index is 0.377. The summed E-state index contributed by atoms with van der Waals surface area (Å²) in [5.74, 6) is 2.52. The minimum Gasteiger partial charge on any atom is -0.486 e. The first-order chi connectivity index (χ1) is 10.3. The average molecular weight is 286 g/mol. The van der Waals surface area contributed by atoms with Crippen molar-refractivity contribution in [2.24, 2.45) is 0 Å². The standard InChI is InChI=1S/C16H18N2O3/c1-19-12-7-11(8-12)18-16-13-9-15-14(20-4-5-21-15)6-10(13)2-3-17-16/h2-3,6,9,11-12H,4-5,7-8H2,1H3,(H,17,18). The number of fused-ring (bicyclic) bond motifs is 2. The number of ether oxygens (including phenoxy) is 3. The molecule has 2 aromatic rings. The first-order valence-corrected chi connectivity index (χ1v) is 7.31. The Kier molecular flexibility index (Phi) is 3.07. The van der Waals surface area contributed by atoms with Crippen molar-refractivity contribution in [3.63, 3.8) is 0 Å². The summed E-state index contributed by atoms with van der Waals surface area (Å²) >= 11 is 0. The van der Waals surface area contributed by atoms with Crippen LogP contribution in [-0.2, 0) is 4.74 Å². The van der Waals surface area contributed by atoms with Gasteiger partial charge in [0.1, 0.15) is 19.0 Å². The molecule has 0 atom stereocenters. The topological polar surface area (TPSA) is 52.6 Å². The van der Waals surface area contributed by atoms with E-state index in [0.717, 1.165) is 40.9 Å². The zero-order chi connectivity index (χ0) is 14.2. The van der Waals surface area contributed by atoms with Crippen molar-refractivity contribution in [3.05, 3.63) is 24.4 Å². The number of hydrogen-bond donors (Lipinski definition) is 1. The van der Waals surface area contributed by atoms with Crippen LogP contribution in [0.25, 0.3) is 10.8 Å². The highest BCUT2D eigenvalue weighted by atomic mass is 16.6. The van der Waals surface area contributed by atoms with Gasteiger partial charge in [0.15, 0.2) is 11.5 Å². The lowest BCUT2D eigenvalue weighted by Crippen LogP contribution is -2.40. The van der Waals surface area contributed by atoms with E-state index >= 15 is 0 Å². The van der Waals surface area contributed by atoms with E-state index in [9.17, 15) is 0 Å². The maximum absolute atomic E-state index is 5.67. The molecule has 5 heteroatoms. The van der Waals surface area contributed by atoms with Gasteiger partial charge in [-0.3, -0.25) is 0 Å². The highest BCUT2D eigenvalue weighted by Gasteiger charge is 2.29. The summed E-state index contributed by atoms with van der Waals surface area (Å²) < 4.78 is 16.6. The quantitative estimate of drug-likeness (QED) is 0.940. The molecule has 2 aliphatic rings. The lowest BCUT2D eigenvalue weighted by Gasteiger charge is -2.35. The molecule has 1 fully saturated rings. The second-order valence-electron chi connectivity index (χ2n) is 5.55. The fraction of sp³-hybridized carbons (Fsp3) is 0.438. The second kappa shape index (κ2) is 5.07. The van der Waals surface area contributed by atoms with Gasteiger partial charge in [0, 0.05) is 24.7 Å². The molecular formula is C16H18N2O3. The molecule has 0 bridgehead atoms. The second-order valence-corrected chi connectivity index (χ2v) is 5.55. The van der Waals surface area contributed by atoms with Crippen LogP contribution in [0.1, 0.15) is 12.8 Å². The molecule has 0 spiro atoms. The highest BCUT2D eigenvalue weighted by Crippen LogP contribution is 2.37. The molecule has 1 aromatic heterocycles. The Balaban J connectivity index is 1.65. The molecule has 1 aromatic carbocycles. The van der Waals surface area contributed by atoms with Crippen molar-refractivity contribution in [2.45, 2.75) is 25.0 Å². The third-order valence-electron chi connectivity index (χ3n) is 4.20.